The van der Waals surface area contributed by atoms with E-state index in [-0.39, 0.29) is 11.2 Å². The van der Waals surface area contributed by atoms with Gasteiger partial charge in [-0.3, -0.25) is 0 Å². The Kier molecular flexibility index (Phi) is 9.16. The zero-order valence-corrected chi connectivity index (χ0v) is 15.5. The van der Waals surface area contributed by atoms with E-state index in [1.54, 1.807) is 0 Å². The second-order valence-electron chi connectivity index (χ2n) is 7.03. The lowest BCUT2D eigenvalue weighted by Crippen LogP contribution is -2.37. The highest BCUT2D eigenvalue weighted by atomic mass is 28.2. The van der Waals surface area contributed by atoms with Gasteiger partial charge in [-0.1, -0.05) is 32.6 Å². The zero-order valence-electron chi connectivity index (χ0n) is 14.0. The largest absolute Gasteiger partial charge is 0.379 e. The molecule has 0 spiro atoms. The van der Waals surface area contributed by atoms with Crippen molar-refractivity contribution in [3.63, 3.8) is 0 Å². The van der Waals surface area contributed by atoms with Crippen molar-refractivity contribution in [1.82, 2.24) is 0 Å². The fourth-order valence-corrected chi connectivity index (χ4v) is 2.61. The third-order valence-corrected chi connectivity index (χ3v) is 3.70. The smallest absolute Gasteiger partial charge is 0.262 e. The second kappa shape index (κ2) is 9.11. The lowest BCUT2D eigenvalue weighted by atomic mass is 10.2. The molecule has 0 saturated heterocycles. The molecule has 0 aliphatic rings. The van der Waals surface area contributed by atoms with Gasteiger partial charge in [-0.2, -0.15) is 0 Å². The van der Waals surface area contributed by atoms with Gasteiger partial charge in [0.2, 0.25) is 0 Å². The van der Waals surface area contributed by atoms with Crippen molar-refractivity contribution in [3.8, 4) is 0 Å². The molecule has 0 fully saturated rings. The van der Waals surface area contributed by atoms with Crippen LogP contribution in [0.25, 0.3) is 0 Å². The Morgan fingerprint density at radius 2 is 1.37 bits per heavy atom. The lowest BCUT2D eigenvalue weighted by Gasteiger charge is -2.32. The number of ether oxygens (including phenoxy) is 2. The second-order valence-corrected chi connectivity index (χ2v) is 8.48. The molecule has 0 radical (unpaired) electrons. The highest BCUT2D eigenvalue weighted by Crippen LogP contribution is 2.18. The van der Waals surface area contributed by atoms with Crippen molar-refractivity contribution in [2.24, 2.45) is 0 Å². The molecule has 4 heteroatoms. The molecule has 0 N–H and O–H groups in total. The van der Waals surface area contributed by atoms with Crippen LogP contribution in [0.4, 0.5) is 0 Å². The summed E-state index contributed by atoms with van der Waals surface area (Å²) in [5.41, 5.74) is -0.487. The number of rotatable bonds is 9. The molecule has 0 saturated carbocycles. The Morgan fingerprint density at radius 1 is 0.842 bits per heavy atom. The molecule has 0 atom stereocenters. The zero-order chi connectivity index (χ0) is 14.9. The third kappa shape index (κ3) is 14.3. The van der Waals surface area contributed by atoms with E-state index < -0.39 is 16.2 Å². The molecule has 0 amide bonds. The summed E-state index contributed by atoms with van der Waals surface area (Å²) in [4.78, 5) is 0. The molecule has 0 bridgehead atoms. The van der Waals surface area contributed by atoms with E-state index in [0.29, 0.717) is 0 Å². The number of unbranched alkanes of at least 4 members (excludes halogenated alkanes) is 3. The summed E-state index contributed by atoms with van der Waals surface area (Å²) in [6.45, 7) is 13.9. The first kappa shape index (κ1) is 19.1. The Bertz CT molecular complexity index is 202. The highest BCUT2D eigenvalue weighted by molar-refractivity contribution is 6.27. The lowest BCUT2D eigenvalue weighted by molar-refractivity contribution is -0.314. The van der Waals surface area contributed by atoms with Crippen LogP contribution >= 0.6 is 0 Å². The molecule has 0 aromatic carbocycles. The molecule has 0 aliphatic heterocycles. The maximum Gasteiger partial charge on any atom is 0.262 e. The molecule has 0 unspecified atom stereocenters. The summed E-state index contributed by atoms with van der Waals surface area (Å²) in [7, 11) is -0.552. The van der Waals surface area contributed by atoms with Gasteiger partial charge in [0.05, 0.1) is 11.2 Å². The van der Waals surface area contributed by atoms with E-state index in [1.807, 2.05) is 41.5 Å². The molecular formula is C15H34O3Si. The standard InChI is InChI=1S/C15H34O3Si/c1-8-9-10-11-12-19-18-13(16-14(2,3)4)17-15(5,6)7/h13H,8-12,19H2,1-7H3. The van der Waals surface area contributed by atoms with Crippen LogP contribution in [0.5, 0.6) is 0 Å². The van der Waals surface area contributed by atoms with Crippen molar-refractivity contribution in [2.75, 3.05) is 0 Å². The van der Waals surface area contributed by atoms with E-state index in [0.717, 1.165) is 0 Å². The first-order valence-electron chi connectivity index (χ1n) is 7.61. The van der Waals surface area contributed by atoms with E-state index in [1.165, 1.54) is 31.7 Å². The van der Waals surface area contributed by atoms with Crippen molar-refractivity contribution in [1.29, 1.82) is 0 Å². The fraction of sp³-hybridized carbons (Fsp3) is 1.00. The summed E-state index contributed by atoms with van der Waals surface area (Å²) in [6, 6.07) is 1.21. The van der Waals surface area contributed by atoms with Gasteiger partial charge >= 0.3 is 0 Å². The van der Waals surface area contributed by atoms with E-state index in [2.05, 4.69) is 6.92 Å². The summed E-state index contributed by atoms with van der Waals surface area (Å²) < 4.78 is 17.5. The van der Waals surface area contributed by atoms with Crippen molar-refractivity contribution >= 4 is 9.76 Å². The van der Waals surface area contributed by atoms with E-state index in [9.17, 15) is 0 Å². The molecule has 116 valence electrons. The van der Waals surface area contributed by atoms with Crippen LogP contribution in [0.2, 0.25) is 6.04 Å². The van der Waals surface area contributed by atoms with Gasteiger partial charge < -0.3 is 13.9 Å². The number of hydrogen-bond donors (Lipinski definition) is 0. The van der Waals surface area contributed by atoms with E-state index >= 15 is 0 Å². The Labute approximate surface area is 122 Å². The van der Waals surface area contributed by atoms with Gasteiger partial charge in [-0.25, -0.2) is 0 Å². The van der Waals surface area contributed by atoms with Gasteiger partial charge in [-0.05, 0) is 47.6 Å². The average Bonchev–Trinajstić information content (AvgIpc) is 2.18. The van der Waals surface area contributed by atoms with Crippen molar-refractivity contribution in [2.45, 2.75) is 97.9 Å². The van der Waals surface area contributed by atoms with Crippen LogP contribution in [0.3, 0.4) is 0 Å². The molecule has 0 heterocycles. The SMILES string of the molecule is CCCCCC[SiH2]OC(OC(C)(C)C)OC(C)(C)C. The molecule has 3 nitrogen and oxygen atoms in total. The molecule has 0 aromatic rings. The van der Waals surface area contributed by atoms with Gasteiger partial charge in [0.1, 0.15) is 0 Å². The highest BCUT2D eigenvalue weighted by Gasteiger charge is 2.24. The maximum absolute atomic E-state index is 5.87. The Balaban J connectivity index is 3.99. The summed E-state index contributed by atoms with van der Waals surface area (Å²) >= 11 is 0. The van der Waals surface area contributed by atoms with Gasteiger partial charge in [0.25, 0.3) is 6.48 Å². The predicted octanol–water partition coefficient (Wildman–Crippen LogP) is 4.00. The van der Waals surface area contributed by atoms with E-state index in [4.69, 9.17) is 13.9 Å². The molecule has 19 heavy (non-hydrogen) atoms. The van der Waals surface area contributed by atoms with Gasteiger partial charge in [-0.15, -0.1) is 0 Å². The summed E-state index contributed by atoms with van der Waals surface area (Å²) in [5.74, 6) is 0. The van der Waals surface area contributed by atoms with Gasteiger partial charge in [0, 0.05) is 0 Å². The quantitative estimate of drug-likeness (QED) is 0.365. The minimum atomic E-state index is -0.552. The first-order valence-corrected chi connectivity index (χ1v) is 9.19. The third-order valence-electron chi connectivity index (χ3n) is 2.40. The molecule has 0 aromatic heterocycles. The van der Waals surface area contributed by atoms with Crippen LogP contribution in [0, 0.1) is 0 Å². The average molecular weight is 291 g/mol. The summed E-state index contributed by atoms with van der Waals surface area (Å²) in [5, 5.41) is 0. The monoisotopic (exact) mass is 290 g/mol. The minimum Gasteiger partial charge on any atom is -0.379 e. The van der Waals surface area contributed by atoms with Crippen LogP contribution in [0.1, 0.15) is 74.1 Å². The normalized spacial score (nSPS) is 13.9. The molecule has 0 aliphatic carbocycles. The van der Waals surface area contributed by atoms with Crippen molar-refractivity contribution < 1.29 is 13.9 Å². The Morgan fingerprint density at radius 3 is 1.79 bits per heavy atom. The van der Waals surface area contributed by atoms with Crippen LogP contribution in [-0.4, -0.2) is 27.4 Å². The number of hydrogen-bond acceptors (Lipinski definition) is 3. The minimum absolute atomic E-state index is 0.244. The summed E-state index contributed by atoms with van der Waals surface area (Å²) in [6.07, 6.45) is 5.20. The molecule has 0 rings (SSSR count). The Hall–Kier alpha value is 0.0969. The van der Waals surface area contributed by atoms with Crippen LogP contribution in [-0.2, 0) is 13.9 Å². The maximum atomic E-state index is 5.87. The first-order chi connectivity index (χ1) is 8.64. The van der Waals surface area contributed by atoms with Gasteiger partial charge in [0.15, 0.2) is 9.76 Å². The van der Waals surface area contributed by atoms with Crippen molar-refractivity contribution in [3.05, 3.63) is 0 Å². The fourth-order valence-electron chi connectivity index (χ4n) is 1.55. The van der Waals surface area contributed by atoms with Crippen LogP contribution < -0.4 is 0 Å². The molecular weight excluding hydrogens is 256 g/mol. The van der Waals surface area contributed by atoms with Crippen LogP contribution in [0.15, 0.2) is 0 Å². The topological polar surface area (TPSA) is 27.7 Å². The predicted molar refractivity (Wildman–Crippen MR) is 84.0 cm³/mol.